The summed E-state index contributed by atoms with van der Waals surface area (Å²) >= 11 is 0. The summed E-state index contributed by atoms with van der Waals surface area (Å²) in [5.41, 5.74) is 5.38. The smallest absolute Gasteiger partial charge is 0.0344 e. The van der Waals surface area contributed by atoms with Crippen LogP contribution in [0.5, 0.6) is 0 Å². The van der Waals surface area contributed by atoms with E-state index in [9.17, 15) is 0 Å². The predicted octanol–water partition coefficient (Wildman–Crippen LogP) is 19.7. The van der Waals surface area contributed by atoms with Crippen LogP contribution in [-0.2, 0) is 6.42 Å². The molecule has 0 aliphatic carbocycles. The molecule has 52 heavy (non-hydrogen) atoms. The summed E-state index contributed by atoms with van der Waals surface area (Å²) in [6.45, 7) is 61.7. The van der Waals surface area contributed by atoms with Gasteiger partial charge in [0, 0.05) is 11.2 Å². The van der Waals surface area contributed by atoms with Crippen molar-refractivity contribution in [2.24, 2.45) is 27.1 Å². The first-order valence-electron chi connectivity index (χ1n) is 22.4. The fourth-order valence-electron chi connectivity index (χ4n) is 4.20. The Morgan fingerprint density at radius 1 is 0.404 bits per heavy atom. The van der Waals surface area contributed by atoms with Gasteiger partial charge in [0.25, 0.3) is 0 Å². The first kappa shape index (κ1) is 65.9. The molecule has 1 rings (SSSR count). The van der Waals surface area contributed by atoms with Crippen molar-refractivity contribution in [3.63, 3.8) is 0 Å². The van der Waals surface area contributed by atoms with Gasteiger partial charge in [-0.3, -0.25) is 0 Å². The summed E-state index contributed by atoms with van der Waals surface area (Å²) < 4.78 is 0. The Morgan fingerprint density at radius 3 is 0.981 bits per heavy atom. The van der Waals surface area contributed by atoms with E-state index in [2.05, 4.69) is 168 Å². The maximum atomic E-state index is 3.43. The van der Waals surface area contributed by atoms with Crippen LogP contribution in [0, 0.1) is 27.1 Å². The highest BCUT2D eigenvalue weighted by atomic mass is 14.9. The largest absolute Gasteiger partial charge is 0.380 e. The zero-order valence-electron chi connectivity index (χ0n) is 42.6. The molecule has 0 aliphatic rings. The topological polar surface area (TPSA) is 12.0 Å². The zero-order valence-corrected chi connectivity index (χ0v) is 42.6. The molecular weight excluding hydrogens is 627 g/mol. The normalized spacial score (nSPS) is 11.2. The van der Waals surface area contributed by atoms with Crippen molar-refractivity contribution >= 4 is 5.69 Å². The molecule has 1 aromatic rings. The minimum Gasteiger partial charge on any atom is -0.380 e. The standard InChI is InChI=1S/C12H19N.2C11H24.C9H20.4C2H6/c1-5-10-6-8-11(9-7-10)13-12(2,3)4;1-10(2,3)8-7-9-11(4,5)6;1-7-11(5,6)9-8-10(2,3)4;1-5-6-7-8-9(2,3)4;4*1-2/h6-9,13H,5H2,1-4H3;2*7-9H2,1-6H3;5-8H2,1-4H3;4*1-2H3. The van der Waals surface area contributed by atoms with Crippen molar-refractivity contribution < 1.29 is 0 Å². The average molecular weight is 738 g/mol. The molecule has 0 aromatic heterocycles. The molecule has 0 atom stereocenters. The number of rotatable bonds is 10. The molecule has 0 fully saturated rings. The summed E-state index contributed by atoms with van der Waals surface area (Å²) in [4.78, 5) is 0. The molecular formula is C51H111N. The number of anilines is 1. The highest BCUT2D eigenvalue weighted by Crippen LogP contribution is 2.32. The van der Waals surface area contributed by atoms with Gasteiger partial charge in [-0.05, 0) is 104 Å². The van der Waals surface area contributed by atoms with Crippen molar-refractivity contribution in [3.05, 3.63) is 29.8 Å². The Morgan fingerprint density at radius 2 is 0.731 bits per heavy atom. The number of unbranched alkanes of at least 4 members (excludes halogenated alkanes) is 2. The Labute approximate surface area is 336 Å². The molecule has 1 aromatic carbocycles. The lowest BCUT2D eigenvalue weighted by Crippen LogP contribution is -2.25. The van der Waals surface area contributed by atoms with E-state index in [1.807, 2.05) is 55.4 Å². The highest BCUT2D eigenvalue weighted by Gasteiger charge is 2.19. The van der Waals surface area contributed by atoms with Crippen molar-refractivity contribution in [2.45, 2.75) is 270 Å². The second-order valence-corrected chi connectivity index (χ2v) is 20.0. The molecule has 0 unspecified atom stereocenters. The molecule has 0 bridgehead atoms. The third-order valence-corrected chi connectivity index (χ3v) is 7.77. The van der Waals surface area contributed by atoms with Gasteiger partial charge in [-0.25, -0.2) is 0 Å². The SMILES string of the molecule is CC.CC.CC.CC.CC(C)(C)CCCC(C)(C)C.CCC(C)(C)CCC(C)(C)C.CCCCCC(C)(C)C.CCc1ccc(NC(C)(C)C)cc1. The summed E-state index contributed by atoms with van der Waals surface area (Å²) in [7, 11) is 0. The van der Waals surface area contributed by atoms with Crippen LogP contribution in [0.4, 0.5) is 5.69 Å². The van der Waals surface area contributed by atoms with E-state index in [-0.39, 0.29) is 5.54 Å². The average Bonchev–Trinajstić information content (AvgIpc) is 3.03. The van der Waals surface area contributed by atoms with E-state index in [0.29, 0.717) is 27.1 Å². The lowest BCUT2D eigenvalue weighted by Gasteiger charge is -2.27. The molecule has 320 valence electrons. The van der Waals surface area contributed by atoms with Crippen molar-refractivity contribution in [1.29, 1.82) is 0 Å². The molecule has 0 radical (unpaired) electrons. The quantitative estimate of drug-likeness (QED) is 0.236. The molecule has 0 amide bonds. The van der Waals surface area contributed by atoms with Crippen LogP contribution in [-0.4, -0.2) is 5.54 Å². The van der Waals surface area contributed by atoms with Crippen LogP contribution in [0.1, 0.15) is 264 Å². The van der Waals surface area contributed by atoms with Crippen molar-refractivity contribution in [2.75, 3.05) is 5.32 Å². The number of hydrogen-bond donors (Lipinski definition) is 1. The summed E-state index contributed by atoms with van der Waals surface area (Å²) in [5.74, 6) is 0. The second-order valence-electron chi connectivity index (χ2n) is 20.0. The summed E-state index contributed by atoms with van der Waals surface area (Å²) in [6.07, 6.45) is 14.7. The van der Waals surface area contributed by atoms with Gasteiger partial charge in [0.1, 0.15) is 0 Å². The van der Waals surface area contributed by atoms with Crippen molar-refractivity contribution in [3.8, 4) is 0 Å². The van der Waals surface area contributed by atoms with Crippen LogP contribution in [0.15, 0.2) is 24.3 Å². The van der Waals surface area contributed by atoms with E-state index >= 15 is 0 Å². The minimum absolute atomic E-state index is 0.147. The summed E-state index contributed by atoms with van der Waals surface area (Å²) in [6, 6.07) is 8.64. The van der Waals surface area contributed by atoms with E-state index < -0.39 is 0 Å². The third kappa shape index (κ3) is 70.6. The number of hydrogen-bond acceptors (Lipinski definition) is 1. The first-order chi connectivity index (χ1) is 23.5. The van der Waals surface area contributed by atoms with Crippen LogP contribution in [0.25, 0.3) is 0 Å². The maximum absolute atomic E-state index is 3.43. The third-order valence-electron chi connectivity index (χ3n) is 7.77. The zero-order chi connectivity index (χ0) is 43.5. The van der Waals surface area contributed by atoms with Crippen LogP contribution in [0.3, 0.4) is 0 Å². The van der Waals surface area contributed by atoms with Crippen LogP contribution >= 0.6 is 0 Å². The second kappa shape index (κ2) is 37.0. The molecule has 1 nitrogen and oxygen atoms in total. The van der Waals surface area contributed by atoms with Gasteiger partial charge in [-0.15, -0.1) is 0 Å². The monoisotopic (exact) mass is 738 g/mol. The molecule has 0 spiro atoms. The van der Waals surface area contributed by atoms with E-state index in [0.717, 1.165) is 6.42 Å². The Bertz CT molecular complexity index is 763. The van der Waals surface area contributed by atoms with Gasteiger partial charge in [-0.2, -0.15) is 0 Å². The Kier molecular flexibility index (Phi) is 46.8. The van der Waals surface area contributed by atoms with Gasteiger partial charge in [0.2, 0.25) is 0 Å². The molecule has 1 heteroatoms. The Hall–Kier alpha value is -0.980. The molecule has 0 saturated carbocycles. The van der Waals surface area contributed by atoms with Crippen LogP contribution in [0.2, 0.25) is 0 Å². The molecule has 0 heterocycles. The van der Waals surface area contributed by atoms with Gasteiger partial charge in [0.15, 0.2) is 0 Å². The highest BCUT2D eigenvalue weighted by molar-refractivity contribution is 5.46. The van der Waals surface area contributed by atoms with E-state index in [4.69, 9.17) is 0 Å². The van der Waals surface area contributed by atoms with Gasteiger partial charge >= 0.3 is 0 Å². The Balaban J connectivity index is -0.0000000978. The lowest BCUT2D eigenvalue weighted by atomic mass is 9.79. The van der Waals surface area contributed by atoms with E-state index in [1.165, 1.54) is 75.5 Å². The maximum Gasteiger partial charge on any atom is 0.0344 e. The number of benzene rings is 1. The van der Waals surface area contributed by atoms with Gasteiger partial charge in [0.05, 0.1) is 0 Å². The molecule has 0 aliphatic heterocycles. The van der Waals surface area contributed by atoms with Crippen LogP contribution < -0.4 is 5.32 Å². The predicted molar refractivity (Wildman–Crippen MR) is 254 cm³/mol. The van der Waals surface area contributed by atoms with Gasteiger partial charge in [-0.1, -0.05) is 217 Å². The lowest BCUT2D eigenvalue weighted by molar-refractivity contribution is 0.248. The molecule has 0 saturated heterocycles. The van der Waals surface area contributed by atoms with Crippen molar-refractivity contribution in [1.82, 2.24) is 0 Å². The molecule has 1 N–H and O–H groups in total. The number of nitrogens with one attached hydrogen (secondary N) is 1. The van der Waals surface area contributed by atoms with E-state index in [1.54, 1.807) is 0 Å². The fraction of sp³-hybridized carbons (Fsp3) is 0.882. The number of aryl methyl sites for hydroxylation is 1. The minimum atomic E-state index is 0.147. The summed E-state index contributed by atoms with van der Waals surface area (Å²) in [5, 5.41) is 3.43. The first-order valence-corrected chi connectivity index (χ1v) is 22.4. The van der Waals surface area contributed by atoms with Gasteiger partial charge < -0.3 is 5.32 Å². The fourth-order valence-corrected chi connectivity index (χ4v) is 4.20.